The zero-order valence-electron chi connectivity index (χ0n) is 9.67. The number of hydrogen-bond donors (Lipinski definition) is 0. The van der Waals surface area contributed by atoms with Crippen molar-refractivity contribution in [2.45, 2.75) is 56.6 Å². The molecule has 2 nitrogen and oxygen atoms in total. The molecule has 0 N–H and O–H groups in total. The summed E-state index contributed by atoms with van der Waals surface area (Å²) in [6.07, 6.45) is 9.55. The van der Waals surface area contributed by atoms with Crippen molar-refractivity contribution in [1.29, 1.82) is 0 Å². The maximum Gasteiger partial charge on any atom is 0.305 e. The molecule has 1 rings (SSSR count). The predicted octanol–water partition coefficient (Wildman–Crippen LogP) is 3.40. The van der Waals surface area contributed by atoms with Crippen LogP contribution in [0, 0.1) is 0 Å². The number of methoxy groups -OCH3 is 1. The van der Waals surface area contributed by atoms with Crippen LogP contribution in [0.15, 0.2) is 0 Å². The van der Waals surface area contributed by atoms with Gasteiger partial charge < -0.3 is 4.74 Å². The maximum atomic E-state index is 10.8. The van der Waals surface area contributed by atoms with Gasteiger partial charge in [-0.05, 0) is 12.8 Å². The fourth-order valence-corrected chi connectivity index (χ4v) is 2.32. The lowest BCUT2D eigenvalue weighted by atomic mass is 10.1. The highest BCUT2D eigenvalue weighted by Gasteiger charge is 2.20. The zero-order chi connectivity index (χ0) is 10.9. The lowest BCUT2D eigenvalue weighted by molar-refractivity contribution is -0.140. The first-order valence-electron chi connectivity index (χ1n) is 6.01. The Balaban J connectivity index is 1.70. The molecule has 1 heterocycles. The van der Waals surface area contributed by atoms with Gasteiger partial charge in [-0.3, -0.25) is 4.79 Å². The Bertz CT molecular complexity index is 178. The molecule has 88 valence electrons. The first kappa shape index (κ1) is 12.9. The number of thioether (sulfide) groups is 1. The summed E-state index contributed by atoms with van der Waals surface area (Å²) in [7, 11) is 1.46. The lowest BCUT2D eigenvalue weighted by Crippen LogP contribution is -1.99. The van der Waals surface area contributed by atoms with Gasteiger partial charge in [0.1, 0.15) is 0 Å². The van der Waals surface area contributed by atoms with E-state index in [4.69, 9.17) is 0 Å². The molecule has 0 aromatic carbocycles. The molecule has 15 heavy (non-hydrogen) atoms. The number of carbonyl (C=O) groups excluding carboxylic acids is 1. The average molecular weight is 230 g/mol. The van der Waals surface area contributed by atoms with Crippen molar-refractivity contribution in [2.75, 3.05) is 12.9 Å². The standard InChI is InChI=1S/C12H22O2S/c1-14-12(13)9-7-5-3-2-4-6-8-11-10-15-11/h11H,2-10H2,1H3. The van der Waals surface area contributed by atoms with Gasteiger partial charge in [0.05, 0.1) is 7.11 Å². The normalized spacial score (nSPS) is 18.9. The van der Waals surface area contributed by atoms with E-state index in [0.717, 1.165) is 11.7 Å². The maximum absolute atomic E-state index is 10.8. The summed E-state index contributed by atoms with van der Waals surface area (Å²) in [6, 6.07) is 0. The Morgan fingerprint density at radius 1 is 1.20 bits per heavy atom. The molecule has 1 atom stereocenters. The Hall–Kier alpha value is -0.180. The third-order valence-corrected chi connectivity index (χ3v) is 3.83. The van der Waals surface area contributed by atoms with Crippen molar-refractivity contribution in [2.24, 2.45) is 0 Å². The molecule has 0 spiro atoms. The van der Waals surface area contributed by atoms with Gasteiger partial charge in [-0.2, -0.15) is 11.8 Å². The van der Waals surface area contributed by atoms with E-state index in [2.05, 4.69) is 16.5 Å². The van der Waals surface area contributed by atoms with E-state index in [-0.39, 0.29) is 5.97 Å². The highest BCUT2D eigenvalue weighted by molar-refractivity contribution is 8.06. The van der Waals surface area contributed by atoms with E-state index < -0.39 is 0 Å². The molecule has 1 aliphatic heterocycles. The molecular weight excluding hydrogens is 208 g/mol. The van der Waals surface area contributed by atoms with Crippen LogP contribution in [0.3, 0.4) is 0 Å². The van der Waals surface area contributed by atoms with Crippen LogP contribution in [0.5, 0.6) is 0 Å². The first-order valence-corrected chi connectivity index (χ1v) is 7.06. The summed E-state index contributed by atoms with van der Waals surface area (Å²) < 4.78 is 4.59. The van der Waals surface area contributed by atoms with Crippen molar-refractivity contribution >= 4 is 17.7 Å². The zero-order valence-corrected chi connectivity index (χ0v) is 10.5. The van der Waals surface area contributed by atoms with Gasteiger partial charge in [0.15, 0.2) is 0 Å². The number of carbonyl (C=O) groups is 1. The van der Waals surface area contributed by atoms with Crippen molar-refractivity contribution in [3.63, 3.8) is 0 Å². The van der Waals surface area contributed by atoms with Crippen molar-refractivity contribution in [3.8, 4) is 0 Å². The Kier molecular flexibility index (Phi) is 6.90. The molecule has 1 aliphatic rings. The SMILES string of the molecule is COC(=O)CCCCCCCCC1CS1. The summed E-state index contributed by atoms with van der Waals surface area (Å²) >= 11 is 2.09. The molecule has 0 radical (unpaired) electrons. The highest BCUT2D eigenvalue weighted by atomic mass is 32.2. The monoisotopic (exact) mass is 230 g/mol. The van der Waals surface area contributed by atoms with Gasteiger partial charge in [0.2, 0.25) is 0 Å². The minimum Gasteiger partial charge on any atom is -0.469 e. The molecule has 1 saturated heterocycles. The van der Waals surface area contributed by atoms with Gasteiger partial charge in [-0.1, -0.05) is 32.1 Å². The second kappa shape index (κ2) is 8.03. The smallest absolute Gasteiger partial charge is 0.305 e. The minimum absolute atomic E-state index is 0.0687. The second-order valence-corrected chi connectivity index (χ2v) is 5.52. The number of esters is 1. The fourth-order valence-electron chi connectivity index (χ4n) is 1.69. The number of hydrogen-bond acceptors (Lipinski definition) is 3. The number of unbranched alkanes of at least 4 members (excludes halogenated alkanes) is 5. The van der Waals surface area contributed by atoms with Crippen LogP contribution in [0.4, 0.5) is 0 Å². The van der Waals surface area contributed by atoms with Gasteiger partial charge in [0.25, 0.3) is 0 Å². The van der Waals surface area contributed by atoms with E-state index >= 15 is 0 Å². The molecular formula is C12H22O2S. The molecule has 0 saturated carbocycles. The number of rotatable bonds is 9. The van der Waals surface area contributed by atoms with Crippen LogP contribution < -0.4 is 0 Å². The molecule has 0 amide bonds. The lowest BCUT2D eigenvalue weighted by Gasteiger charge is -2.01. The van der Waals surface area contributed by atoms with E-state index in [9.17, 15) is 4.79 Å². The Morgan fingerprint density at radius 2 is 1.80 bits per heavy atom. The van der Waals surface area contributed by atoms with E-state index in [1.54, 1.807) is 0 Å². The van der Waals surface area contributed by atoms with Crippen LogP contribution in [0.2, 0.25) is 0 Å². The van der Waals surface area contributed by atoms with Crippen molar-refractivity contribution < 1.29 is 9.53 Å². The van der Waals surface area contributed by atoms with Crippen molar-refractivity contribution in [1.82, 2.24) is 0 Å². The van der Waals surface area contributed by atoms with Crippen LogP contribution >= 0.6 is 11.8 Å². The highest BCUT2D eigenvalue weighted by Crippen LogP contribution is 2.34. The fraction of sp³-hybridized carbons (Fsp3) is 0.917. The molecule has 0 aromatic rings. The summed E-state index contributed by atoms with van der Waals surface area (Å²) in [6.45, 7) is 0. The van der Waals surface area contributed by atoms with Gasteiger partial charge >= 0.3 is 5.97 Å². The van der Waals surface area contributed by atoms with Crippen LogP contribution in [-0.4, -0.2) is 24.1 Å². The van der Waals surface area contributed by atoms with E-state index in [1.807, 2.05) is 0 Å². The predicted molar refractivity (Wildman–Crippen MR) is 65.2 cm³/mol. The summed E-state index contributed by atoms with van der Waals surface area (Å²) in [5.74, 6) is 1.33. The van der Waals surface area contributed by atoms with Crippen LogP contribution in [0.1, 0.15) is 51.4 Å². The first-order chi connectivity index (χ1) is 7.33. The van der Waals surface area contributed by atoms with Crippen molar-refractivity contribution in [3.05, 3.63) is 0 Å². The third-order valence-electron chi connectivity index (χ3n) is 2.79. The summed E-state index contributed by atoms with van der Waals surface area (Å²) in [4.78, 5) is 10.8. The Labute approximate surface area is 97.1 Å². The second-order valence-electron chi connectivity index (χ2n) is 4.19. The average Bonchev–Trinajstić information content (AvgIpc) is 3.05. The molecule has 0 bridgehead atoms. The van der Waals surface area contributed by atoms with E-state index in [1.165, 1.54) is 51.4 Å². The minimum atomic E-state index is -0.0687. The topological polar surface area (TPSA) is 26.3 Å². The number of ether oxygens (including phenoxy) is 1. The molecule has 3 heteroatoms. The summed E-state index contributed by atoms with van der Waals surface area (Å²) in [5.41, 5.74) is 0. The summed E-state index contributed by atoms with van der Waals surface area (Å²) in [5, 5.41) is 1.00. The van der Waals surface area contributed by atoms with E-state index in [0.29, 0.717) is 6.42 Å². The Morgan fingerprint density at radius 3 is 2.40 bits per heavy atom. The van der Waals surface area contributed by atoms with Gasteiger partial charge in [0, 0.05) is 17.4 Å². The third kappa shape index (κ3) is 7.71. The molecule has 1 unspecified atom stereocenters. The van der Waals surface area contributed by atoms with Gasteiger partial charge in [-0.25, -0.2) is 0 Å². The van der Waals surface area contributed by atoms with Crippen LogP contribution in [0.25, 0.3) is 0 Å². The molecule has 0 aromatic heterocycles. The largest absolute Gasteiger partial charge is 0.469 e. The quantitative estimate of drug-likeness (QED) is 0.345. The van der Waals surface area contributed by atoms with Gasteiger partial charge in [-0.15, -0.1) is 0 Å². The molecule has 0 aliphatic carbocycles. The molecule has 1 fully saturated rings. The van der Waals surface area contributed by atoms with Crippen LogP contribution in [-0.2, 0) is 9.53 Å².